The number of hydrogen-bond acceptors (Lipinski definition) is 14. The zero-order valence-electron chi connectivity index (χ0n) is 32.3. The highest BCUT2D eigenvalue weighted by atomic mass is 35.5. The van der Waals surface area contributed by atoms with Crippen LogP contribution in [0.1, 0.15) is 51.7 Å². The second-order valence-corrected chi connectivity index (χ2v) is 14.0. The highest BCUT2D eigenvalue weighted by Gasteiger charge is 2.45. The van der Waals surface area contributed by atoms with Crippen LogP contribution in [0, 0.1) is 27.9 Å². The lowest BCUT2D eigenvalue weighted by Gasteiger charge is -2.18. The number of nitrogens with zero attached hydrogens (tertiary/aromatic N) is 6. The second kappa shape index (κ2) is 19.8. The van der Waals surface area contributed by atoms with Gasteiger partial charge in [0, 0.05) is 52.2 Å². The third kappa shape index (κ3) is 10.4. The molecule has 0 fully saturated rings. The van der Waals surface area contributed by atoms with Crippen molar-refractivity contribution in [1.29, 1.82) is 5.26 Å². The standard InChI is InChI=1S/C18H18ClFN4O5S.C14H12ClFN2O4.C3H8N2S/c1-5-28-14(25)18(2)8-12(21-29-18)9-6-13(11(20)7-10(9)19)24-15(26)22(3)17(30)23(4)16(24)27;1-3-20-13(19)14(2)6-11(18-22-14)8-4-12(21-7-17)10(16)5-9(8)15;1-4-3(6)5-2/h6-7H,5,8H2,1-4H3;4-5H,3,6H2,1-2H3;1-2H3,(H2,4,5,6). The topological polar surface area (TPSA) is 202 Å². The largest absolute Gasteiger partial charge is 0.463 e. The maximum Gasteiger partial charge on any atom is 0.353 e. The van der Waals surface area contributed by atoms with E-state index in [4.69, 9.17) is 59.8 Å². The summed E-state index contributed by atoms with van der Waals surface area (Å²) in [4.78, 5) is 59.7. The molecule has 23 heteroatoms. The SMILES string of the molecule is CCOC(=O)C1(C)CC(c2cc(-n3c(=O)n(C)c(=S)n(C)c3=O)c(F)cc2Cl)=NO1.CCOC(=O)C1(C)CC(c2cc(OC#N)c(F)cc2Cl)=NO1.CNC(=S)NC. The molecule has 58 heavy (non-hydrogen) atoms. The molecule has 17 nitrogen and oxygen atoms in total. The molecule has 0 amide bonds. The van der Waals surface area contributed by atoms with Crippen LogP contribution in [0.2, 0.25) is 10.0 Å². The normalized spacial score (nSPS) is 17.6. The molecular weight excluding hydrogens is 849 g/mol. The van der Waals surface area contributed by atoms with E-state index in [1.807, 2.05) is 0 Å². The van der Waals surface area contributed by atoms with Gasteiger partial charge in [-0.1, -0.05) is 33.5 Å². The highest BCUT2D eigenvalue weighted by Crippen LogP contribution is 2.34. The van der Waals surface area contributed by atoms with Crippen molar-refractivity contribution in [2.75, 3.05) is 27.3 Å². The van der Waals surface area contributed by atoms with Crippen molar-refractivity contribution >= 4 is 76.1 Å². The number of carbonyl (C=O) groups excluding carboxylic acids is 2. The van der Waals surface area contributed by atoms with Crippen molar-refractivity contribution in [2.24, 2.45) is 24.4 Å². The summed E-state index contributed by atoms with van der Waals surface area (Å²) in [6.07, 6.45) is 1.49. The molecule has 2 atom stereocenters. The van der Waals surface area contributed by atoms with Crippen LogP contribution in [0.25, 0.3) is 5.69 Å². The predicted octanol–water partition coefficient (Wildman–Crippen LogP) is 4.34. The Bertz CT molecular complexity index is 2350. The van der Waals surface area contributed by atoms with Crippen LogP contribution in [0.4, 0.5) is 8.78 Å². The van der Waals surface area contributed by atoms with Crippen LogP contribution < -0.4 is 26.7 Å². The number of halogens is 4. The van der Waals surface area contributed by atoms with Gasteiger partial charge in [-0.3, -0.25) is 9.13 Å². The Kier molecular flexibility index (Phi) is 16.0. The first-order valence-electron chi connectivity index (χ1n) is 16.9. The molecule has 2 aromatic carbocycles. The average molecular weight is 888 g/mol. The summed E-state index contributed by atoms with van der Waals surface area (Å²) in [5.41, 5.74) is -3.51. The smallest absolute Gasteiger partial charge is 0.353 e. The number of oxime groups is 2. The van der Waals surface area contributed by atoms with Gasteiger partial charge < -0.3 is 34.5 Å². The van der Waals surface area contributed by atoms with Crippen LogP contribution >= 0.6 is 47.6 Å². The van der Waals surface area contributed by atoms with Crippen LogP contribution in [0.5, 0.6) is 5.75 Å². The fourth-order valence-electron chi connectivity index (χ4n) is 5.06. The van der Waals surface area contributed by atoms with E-state index in [0.717, 1.165) is 21.3 Å². The fourth-order valence-corrected chi connectivity index (χ4v) is 5.74. The monoisotopic (exact) mass is 886 g/mol. The number of nitriles is 1. The lowest BCUT2D eigenvalue weighted by atomic mass is 9.95. The molecule has 3 heterocycles. The lowest BCUT2D eigenvalue weighted by Crippen LogP contribution is -2.44. The maximum absolute atomic E-state index is 14.7. The molecule has 2 N–H and O–H groups in total. The van der Waals surface area contributed by atoms with Crippen molar-refractivity contribution < 1.29 is 42.3 Å². The molecule has 0 radical (unpaired) electrons. The minimum Gasteiger partial charge on any atom is -0.463 e. The Morgan fingerprint density at radius 1 is 0.879 bits per heavy atom. The quantitative estimate of drug-likeness (QED) is 0.184. The first-order valence-corrected chi connectivity index (χ1v) is 18.5. The minimum atomic E-state index is -1.37. The number of carbonyl (C=O) groups is 2. The third-order valence-corrected chi connectivity index (χ3v) is 9.78. The Labute approximate surface area is 350 Å². The molecule has 1 aromatic heterocycles. The first kappa shape index (κ1) is 46.9. The van der Waals surface area contributed by atoms with E-state index in [0.29, 0.717) is 21.0 Å². The van der Waals surface area contributed by atoms with E-state index in [9.17, 15) is 28.0 Å². The zero-order valence-corrected chi connectivity index (χ0v) is 35.5. The molecule has 0 bridgehead atoms. The number of aromatic nitrogens is 3. The molecule has 0 saturated heterocycles. The number of benzene rings is 2. The van der Waals surface area contributed by atoms with Crippen molar-refractivity contribution in [3.05, 3.63) is 82.8 Å². The summed E-state index contributed by atoms with van der Waals surface area (Å²) in [5.74, 6) is -3.12. The van der Waals surface area contributed by atoms with Gasteiger partial charge in [-0.15, -0.1) is 5.26 Å². The van der Waals surface area contributed by atoms with Crippen LogP contribution in [-0.2, 0) is 42.8 Å². The van der Waals surface area contributed by atoms with Gasteiger partial charge in [0.2, 0.25) is 11.2 Å². The van der Waals surface area contributed by atoms with Gasteiger partial charge in [0.15, 0.2) is 21.5 Å². The molecule has 2 aliphatic rings. The first-order chi connectivity index (χ1) is 27.2. The molecule has 2 aliphatic heterocycles. The number of hydrogen-bond donors (Lipinski definition) is 2. The highest BCUT2D eigenvalue weighted by molar-refractivity contribution is 7.80. The average Bonchev–Trinajstić information content (AvgIpc) is 3.79. The second-order valence-electron chi connectivity index (χ2n) is 12.4. The Hall–Kier alpha value is -5.43. The molecular formula is C35H38Cl2F2N8O9S2. The predicted molar refractivity (Wildman–Crippen MR) is 215 cm³/mol. The van der Waals surface area contributed by atoms with Crippen molar-refractivity contribution in [2.45, 2.75) is 51.7 Å². The molecule has 3 aromatic rings. The van der Waals surface area contributed by atoms with Crippen molar-refractivity contribution in [3.8, 4) is 17.7 Å². The van der Waals surface area contributed by atoms with E-state index in [2.05, 4.69) is 37.9 Å². The number of ether oxygens (including phenoxy) is 3. The Balaban J connectivity index is 0.000000282. The van der Waals surface area contributed by atoms with E-state index >= 15 is 0 Å². The number of esters is 2. The summed E-state index contributed by atoms with van der Waals surface area (Å²) in [5, 5.41) is 22.4. The molecule has 0 aliphatic carbocycles. The molecule has 2 unspecified atom stereocenters. The van der Waals surface area contributed by atoms with Crippen molar-refractivity contribution in [1.82, 2.24) is 24.3 Å². The summed E-state index contributed by atoms with van der Waals surface area (Å²) in [6, 6.07) is 4.41. The third-order valence-electron chi connectivity index (χ3n) is 8.20. The number of nitrogens with one attached hydrogen (secondary N) is 2. The molecule has 0 saturated carbocycles. The molecule has 312 valence electrons. The summed E-state index contributed by atoms with van der Waals surface area (Å²) < 4.78 is 45.5. The van der Waals surface area contributed by atoms with Gasteiger partial charge in [-0.25, -0.2) is 32.5 Å². The van der Waals surface area contributed by atoms with Gasteiger partial charge in [-0.05, 0) is 76.4 Å². The van der Waals surface area contributed by atoms with E-state index in [1.54, 1.807) is 27.9 Å². The van der Waals surface area contributed by atoms with Gasteiger partial charge in [-0.2, -0.15) is 0 Å². The van der Waals surface area contributed by atoms with Crippen LogP contribution in [0.15, 0.2) is 44.2 Å². The number of thiocarbonyl (C=S) groups is 1. The van der Waals surface area contributed by atoms with Crippen LogP contribution in [0.3, 0.4) is 0 Å². The summed E-state index contributed by atoms with van der Waals surface area (Å²) >= 11 is 21.8. The van der Waals surface area contributed by atoms with Crippen molar-refractivity contribution in [3.63, 3.8) is 0 Å². The summed E-state index contributed by atoms with van der Waals surface area (Å²) in [6.45, 7) is 6.75. The Morgan fingerprint density at radius 2 is 1.31 bits per heavy atom. The van der Waals surface area contributed by atoms with Gasteiger partial charge >= 0.3 is 23.3 Å². The van der Waals surface area contributed by atoms with Crippen LogP contribution in [-0.4, -0.2) is 80.7 Å². The zero-order chi connectivity index (χ0) is 43.7. The molecule has 0 spiro atoms. The summed E-state index contributed by atoms with van der Waals surface area (Å²) in [7, 11) is 6.29. The van der Waals surface area contributed by atoms with E-state index in [1.165, 1.54) is 46.3 Å². The van der Waals surface area contributed by atoms with Gasteiger partial charge in [0.05, 0.1) is 40.4 Å². The molecule has 5 rings (SSSR count). The van der Waals surface area contributed by atoms with E-state index in [-0.39, 0.29) is 63.6 Å². The Morgan fingerprint density at radius 3 is 1.71 bits per heavy atom. The maximum atomic E-state index is 14.7. The fraction of sp³-hybridized carbons (Fsp3) is 0.400. The van der Waals surface area contributed by atoms with Gasteiger partial charge in [0.1, 0.15) is 5.82 Å². The number of rotatable bonds is 8. The van der Waals surface area contributed by atoms with Gasteiger partial charge in [0.25, 0.3) is 6.26 Å². The van der Waals surface area contributed by atoms with E-state index < -0.39 is 46.2 Å². The minimum absolute atomic E-state index is 0.00239. The lowest BCUT2D eigenvalue weighted by molar-refractivity contribution is -0.167.